The fraction of sp³-hybridized carbons (Fsp3) is 0.304. The van der Waals surface area contributed by atoms with Crippen LogP contribution in [0.2, 0.25) is 5.02 Å². The number of esters is 1. The predicted octanol–water partition coefficient (Wildman–Crippen LogP) is 5.69. The SMILES string of the molecule is Cc1ccc(Cl)cc1OC(C(OC(=O)c1ccccc1)C(C)(C)C)n1ccnc1. The minimum atomic E-state index is -0.623. The molecule has 0 aliphatic carbocycles. The summed E-state index contributed by atoms with van der Waals surface area (Å²) in [6.07, 6.45) is 3.89. The Morgan fingerprint density at radius 1 is 1.14 bits per heavy atom. The largest absolute Gasteiger partial charge is 0.466 e. The molecule has 29 heavy (non-hydrogen) atoms. The molecule has 0 radical (unpaired) electrons. The van der Waals surface area contributed by atoms with Gasteiger partial charge in [0.2, 0.25) is 6.23 Å². The van der Waals surface area contributed by atoms with Crippen molar-refractivity contribution < 1.29 is 14.3 Å². The molecular formula is C23H25ClN2O3. The van der Waals surface area contributed by atoms with Crippen molar-refractivity contribution >= 4 is 17.6 Å². The minimum absolute atomic E-state index is 0.401. The van der Waals surface area contributed by atoms with Crippen LogP contribution < -0.4 is 4.74 Å². The third-order valence-electron chi connectivity index (χ3n) is 4.57. The number of aromatic nitrogens is 2. The first-order chi connectivity index (χ1) is 13.8. The molecule has 3 rings (SSSR count). The summed E-state index contributed by atoms with van der Waals surface area (Å²) in [6, 6.07) is 14.4. The van der Waals surface area contributed by atoms with Crippen LogP contribution >= 0.6 is 11.6 Å². The molecule has 3 aromatic rings. The standard InChI is InChI=1S/C23H25ClN2O3/c1-16-10-11-18(24)14-19(16)28-21(26-13-12-25-15-26)20(23(2,3)4)29-22(27)17-8-6-5-7-9-17/h5-15,20-21H,1-4H3. The quantitative estimate of drug-likeness (QED) is 0.487. The van der Waals surface area contributed by atoms with Crippen molar-refractivity contribution in [2.75, 3.05) is 0 Å². The second-order valence-corrected chi connectivity index (χ2v) is 8.42. The summed E-state index contributed by atoms with van der Waals surface area (Å²) < 4.78 is 14.1. The number of carbonyl (C=O) groups excluding carboxylic acids is 1. The normalized spacial score (nSPS) is 13.6. The molecule has 0 aliphatic heterocycles. The maximum absolute atomic E-state index is 12.8. The molecule has 0 amide bonds. The van der Waals surface area contributed by atoms with Crippen molar-refractivity contribution in [2.24, 2.45) is 5.41 Å². The smallest absolute Gasteiger partial charge is 0.338 e. The van der Waals surface area contributed by atoms with Crippen LogP contribution in [0.3, 0.4) is 0 Å². The van der Waals surface area contributed by atoms with Gasteiger partial charge in [0.25, 0.3) is 0 Å². The molecule has 2 atom stereocenters. The van der Waals surface area contributed by atoms with Crippen LogP contribution in [0.25, 0.3) is 0 Å². The maximum Gasteiger partial charge on any atom is 0.338 e. The number of rotatable bonds is 6. The Hall–Kier alpha value is -2.79. The summed E-state index contributed by atoms with van der Waals surface area (Å²) in [5.41, 5.74) is 1.01. The topological polar surface area (TPSA) is 53.4 Å². The van der Waals surface area contributed by atoms with Crippen molar-refractivity contribution in [2.45, 2.75) is 40.0 Å². The van der Waals surface area contributed by atoms with Crippen molar-refractivity contribution in [1.29, 1.82) is 0 Å². The number of hydrogen-bond donors (Lipinski definition) is 0. The highest BCUT2D eigenvalue weighted by atomic mass is 35.5. The van der Waals surface area contributed by atoms with Gasteiger partial charge in [0.15, 0.2) is 6.10 Å². The van der Waals surface area contributed by atoms with Crippen LogP contribution in [-0.2, 0) is 4.74 Å². The Bertz CT molecular complexity index is 950. The average molecular weight is 413 g/mol. The first-order valence-electron chi connectivity index (χ1n) is 9.42. The number of carbonyl (C=O) groups is 1. The highest BCUT2D eigenvalue weighted by Gasteiger charge is 2.39. The van der Waals surface area contributed by atoms with E-state index in [9.17, 15) is 4.79 Å². The Balaban J connectivity index is 1.98. The summed E-state index contributed by atoms with van der Waals surface area (Å²) in [6.45, 7) is 7.97. The van der Waals surface area contributed by atoms with Crippen molar-refractivity contribution in [3.05, 3.63) is 83.4 Å². The maximum atomic E-state index is 12.8. The highest BCUT2D eigenvalue weighted by Crippen LogP contribution is 2.35. The third kappa shape index (κ3) is 5.18. The lowest BCUT2D eigenvalue weighted by atomic mass is 9.87. The Morgan fingerprint density at radius 2 is 1.86 bits per heavy atom. The molecule has 6 heteroatoms. The predicted molar refractivity (Wildman–Crippen MR) is 113 cm³/mol. The highest BCUT2D eigenvalue weighted by molar-refractivity contribution is 6.30. The Morgan fingerprint density at radius 3 is 2.48 bits per heavy atom. The molecule has 152 valence electrons. The summed E-state index contributed by atoms with van der Waals surface area (Å²) in [7, 11) is 0. The third-order valence-corrected chi connectivity index (χ3v) is 4.81. The van der Waals surface area contributed by atoms with E-state index in [1.54, 1.807) is 41.5 Å². The lowest BCUT2D eigenvalue weighted by Crippen LogP contribution is -2.42. The van der Waals surface area contributed by atoms with Crippen molar-refractivity contribution in [1.82, 2.24) is 9.55 Å². The molecule has 0 saturated carbocycles. The van der Waals surface area contributed by atoms with Crippen LogP contribution in [0.5, 0.6) is 5.75 Å². The second-order valence-electron chi connectivity index (χ2n) is 7.99. The van der Waals surface area contributed by atoms with Crippen LogP contribution in [0, 0.1) is 12.3 Å². The molecule has 1 heterocycles. The zero-order valence-electron chi connectivity index (χ0n) is 17.0. The van der Waals surface area contributed by atoms with Crippen molar-refractivity contribution in [3.63, 3.8) is 0 Å². The molecule has 0 aliphatic rings. The van der Waals surface area contributed by atoms with Gasteiger partial charge >= 0.3 is 5.97 Å². The van der Waals surface area contributed by atoms with E-state index in [0.29, 0.717) is 16.3 Å². The lowest BCUT2D eigenvalue weighted by molar-refractivity contribution is -0.0823. The monoisotopic (exact) mass is 412 g/mol. The molecule has 0 fully saturated rings. The molecule has 0 spiro atoms. The minimum Gasteiger partial charge on any atom is -0.466 e. The molecule has 0 N–H and O–H groups in total. The van der Waals surface area contributed by atoms with E-state index in [-0.39, 0.29) is 0 Å². The van der Waals surface area contributed by atoms with Crippen LogP contribution in [0.15, 0.2) is 67.3 Å². The summed E-state index contributed by atoms with van der Waals surface area (Å²) in [4.78, 5) is 17.0. The lowest BCUT2D eigenvalue weighted by Gasteiger charge is -2.37. The molecule has 2 unspecified atom stereocenters. The van der Waals surface area contributed by atoms with Gasteiger partial charge in [-0.3, -0.25) is 4.57 Å². The van der Waals surface area contributed by atoms with Crippen LogP contribution in [-0.4, -0.2) is 21.6 Å². The Labute approximate surface area is 176 Å². The number of hydrogen-bond acceptors (Lipinski definition) is 4. The number of ether oxygens (including phenoxy) is 2. The zero-order valence-corrected chi connectivity index (χ0v) is 17.8. The number of aryl methyl sites for hydroxylation is 1. The van der Waals surface area contributed by atoms with E-state index < -0.39 is 23.7 Å². The first kappa shape index (κ1) is 20.9. The molecular weight excluding hydrogens is 388 g/mol. The summed E-state index contributed by atoms with van der Waals surface area (Å²) >= 11 is 6.17. The van der Waals surface area contributed by atoms with Crippen LogP contribution in [0.1, 0.15) is 42.9 Å². The molecule has 1 aromatic heterocycles. The van der Waals surface area contributed by atoms with Gasteiger partial charge in [-0.2, -0.15) is 0 Å². The second kappa shape index (κ2) is 8.70. The van der Waals surface area contributed by atoms with Gasteiger partial charge in [0.1, 0.15) is 5.75 Å². The van der Waals surface area contributed by atoms with Gasteiger partial charge in [0.05, 0.1) is 11.9 Å². The molecule has 2 aromatic carbocycles. The van der Waals surface area contributed by atoms with E-state index >= 15 is 0 Å². The summed E-state index contributed by atoms with van der Waals surface area (Å²) in [5.74, 6) is 0.225. The van der Waals surface area contributed by atoms with Crippen molar-refractivity contribution in [3.8, 4) is 5.75 Å². The van der Waals surface area contributed by atoms with Gasteiger partial charge in [-0.05, 0) is 36.8 Å². The molecule has 0 bridgehead atoms. The van der Waals surface area contributed by atoms with Gasteiger partial charge in [-0.1, -0.05) is 56.6 Å². The van der Waals surface area contributed by atoms with Gasteiger partial charge < -0.3 is 9.47 Å². The molecule has 5 nitrogen and oxygen atoms in total. The van der Waals surface area contributed by atoms with E-state index in [1.807, 2.05) is 58.0 Å². The first-order valence-corrected chi connectivity index (χ1v) is 9.80. The summed E-state index contributed by atoms with van der Waals surface area (Å²) in [5, 5.41) is 0.573. The van der Waals surface area contributed by atoms with Gasteiger partial charge in [0, 0.05) is 22.8 Å². The van der Waals surface area contributed by atoms with E-state index in [4.69, 9.17) is 21.1 Å². The fourth-order valence-corrected chi connectivity index (χ4v) is 3.11. The van der Waals surface area contributed by atoms with E-state index in [0.717, 1.165) is 5.56 Å². The number of halogens is 1. The van der Waals surface area contributed by atoms with E-state index in [2.05, 4.69) is 4.98 Å². The number of nitrogens with zero attached hydrogens (tertiary/aromatic N) is 2. The fourth-order valence-electron chi connectivity index (χ4n) is 2.95. The number of imidazole rings is 1. The van der Waals surface area contributed by atoms with Gasteiger partial charge in [-0.15, -0.1) is 0 Å². The molecule has 0 saturated heterocycles. The van der Waals surface area contributed by atoms with Crippen LogP contribution in [0.4, 0.5) is 0 Å². The zero-order chi connectivity index (χ0) is 21.0. The Kier molecular flexibility index (Phi) is 6.28. The van der Waals surface area contributed by atoms with Gasteiger partial charge in [-0.25, -0.2) is 9.78 Å². The average Bonchev–Trinajstić information content (AvgIpc) is 3.21. The van der Waals surface area contributed by atoms with E-state index in [1.165, 1.54) is 0 Å². The number of benzene rings is 2.